The van der Waals surface area contributed by atoms with Crippen molar-refractivity contribution in [3.05, 3.63) is 77.4 Å². The SMILES string of the molecule is COc1cccc(F)c1CN1CC(NC(=O)c2ccc3[nH]nc(-c4ccnc(C)c4)c3c2)CCC1C. The number of methoxy groups -OCH3 is 1. The lowest BCUT2D eigenvalue weighted by molar-refractivity contribution is 0.0848. The molecule has 3 heterocycles. The first-order valence-corrected chi connectivity index (χ1v) is 12.2. The fourth-order valence-corrected chi connectivity index (χ4v) is 4.94. The number of carbonyl (C=O) groups excluding carboxylic acids is 1. The molecule has 186 valence electrons. The smallest absolute Gasteiger partial charge is 0.251 e. The normalized spacial score (nSPS) is 18.3. The summed E-state index contributed by atoms with van der Waals surface area (Å²) in [6.07, 6.45) is 3.54. The highest BCUT2D eigenvalue weighted by atomic mass is 19.1. The standard InChI is InChI=1S/C28H30FN5O2/c1-17-13-19(11-12-30-17)27-22-14-20(8-10-25(22)32-33-27)28(35)31-21-9-7-18(2)34(15-21)16-23-24(29)5-4-6-26(23)36-3/h4-6,8,10-14,18,21H,7,9,15-16H2,1-3H3,(H,31,35)(H,32,33). The topological polar surface area (TPSA) is 83.1 Å². The zero-order chi connectivity index (χ0) is 25.2. The molecular weight excluding hydrogens is 457 g/mol. The Hall–Kier alpha value is -3.78. The van der Waals surface area contributed by atoms with E-state index >= 15 is 0 Å². The molecule has 4 aromatic rings. The van der Waals surface area contributed by atoms with E-state index in [0.29, 0.717) is 30.0 Å². The quantitative estimate of drug-likeness (QED) is 0.406. The largest absolute Gasteiger partial charge is 0.496 e. The van der Waals surface area contributed by atoms with Crippen molar-refractivity contribution in [3.8, 4) is 17.0 Å². The molecular formula is C28H30FN5O2. The molecule has 0 aliphatic carbocycles. The number of nitrogens with zero attached hydrogens (tertiary/aromatic N) is 3. The highest BCUT2D eigenvalue weighted by Gasteiger charge is 2.28. The number of halogens is 1. The minimum atomic E-state index is -0.277. The fraction of sp³-hybridized carbons (Fsp3) is 0.321. The molecule has 1 aliphatic rings. The first-order valence-electron chi connectivity index (χ1n) is 12.2. The molecule has 36 heavy (non-hydrogen) atoms. The summed E-state index contributed by atoms with van der Waals surface area (Å²) in [6, 6.07) is 14.6. The van der Waals surface area contributed by atoms with E-state index in [2.05, 4.69) is 32.3 Å². The number of amides is 1. The molecule has 0 saturated carbocycles. The number of H-pyrrole nitrogens is 1. The van der Waals surface area contributed by atoms with E-state index in [1.54, 1.807) is 25.4 Å². The highest BCUT2D eigenvalue weighted by molar-refractivity contribution is 6.01. The van der Waals surface area contributed by atoms with Crippen molar-refractivity contribution in [1.29, 1.82) is 0 Å². The summed E-state index contributed by atoms with van der Waals surface area (Å²) in [6.45, 7) is 5.15. The second-order valence-corrected chi connectivity index (χ2v) is 9.47. The molecule has 5 rings (SSSR count). The van der Waals surface area contributed by atoms with Gasteiger partial charge in [0.2, 0.25) is 0 Å². The molecule has 2 aromatic heterocycles. The van der Waals surface area contributed by atoms with Crippen molar-refractivity contribution in [2.75, 3.05) is 13.7 Å². The van der Waals surface area contributed by atoms with Crippen LogP contribution in [0.2, 0.25) is 0 Å². The third kappa shape index (κ3) is 4.81. The van der Waals surface area contributed by atoms with E-state index in [4.69, 9.17) is 4.74 Å². The third-order valence-electron chi connectivity index (χ3n) is 7.00. The van der Waals surface area contributed by atoms with Gasteiger partial charge in [0.1, 0.15) is 17.3 Å². The Balaban J connectivity index is 1.32. The lowest BCUT2D eigenvalue weighted by Crippen LogP contribution is -2.50. The van der Waals surface area contributed by atoms with Gasteiger partial charge in [-0.25, -0.2) is 4.39 Å². The number of nitrogens with one attached hydrogen (secondary N) is 2. The number of ether oxygens (including phenoxy) is 1. The van der Waals surface area contributed by atoms with Crippen molar-refractivity contribution < 1.29 is 13.9 Å². The summed E-state index contributed by atoms with van der Waals surface area (Å²) < 4.78 is 19.9. The third-order valence-corrected chi connectivity index (χ3v) is 7.00. The molecule has 0 radical (unpaired) electrons. The maximum Gasteiger partial charge on any atom is 0.251 e. The number of aromatic amines is 1. The van der Waals surface area contributed by atoms with Gasteiger partial charge in [-0.05, 0) is 69.2 Å². The number of likely N-dealkylation sites (tertiary alicyclic amines) is 1. The van der Waals surface area contributed by atoms with Gasteiger partial charge in [0, 0.05) is 59.1 Å². The number of rotatable bonds is 6. The number of benzene rings is 2. The van der Waals surface area contributed by atoms with Crippen LogP contribution in [0.25, 0.3) is 22.2 Å². The van der Waals surface area contributed by atoms with Gasteiger partial charge in [0.05, 0.1) is 12.6 Å². The van der Waals surface area contributed by atoms with Gasteiger partial charge in [0.15, 0.2) is 0 Å². The Morgan fingerprint density at radius 1 is 1.22 bits per heavy atom. The van der Waals surface area contributed by atoms with Crippen molar-refractivity contribution >= 4 is 16.8 Å². The molecule has 2 N–H and O–H groups in total. The Morgan fingerprint density at radius 2 is 2.08 bits per heavy atom. The van der Waals surface area contributed by atoms with Crippen LogP contribution in [0, 0.1) is 12.7 Å². The average molecular weight is 488 g/mol. The molecule has 0 bridgehead atoms. The van der Waals surface area contributed by atoms with Crippen molar-refractivity contribution in [1.82, 2.24) is 25.4 Å². The van der Waals surface area contributed by atoms with Crippen LogP contribution in [-0.2, 0) is 6.54 Å². The minimum Gasteiger partial charge on any atom is -0.496 e. The monoisotopic (exact) mass is 487 g/mol. The summed E-state index contributed by atoms with van der Waals surface area (Å²) in [5.74, 6) is 0.140. The molecule has 8 heteroatoms. The van der Waals surface area contributed by atoms with Gasteiger partial charge in [0.25, 0.3) is 5.91 Å². The van der Waals surface area contributed by atoms with Gasteiger partial charge in [-0.3, -0.25) is 19.8 Å². The molecule has 2 atom stereocenters. The number of hydrogen-bond donors (Lipinski definition) is 2. The maximum absolute atomic E-state index is 14.5. The first kappa shape index (κ1) is 23.9. The van der Waals surface area contributed by atoms with Gasteiger partial charge in [-0.1, -0.05) is 6.07 Å². The summed E-state index contributed by atoms with van der Waals surface area (Å²) >= 11 is 0. The maximum atomic E-state index is 14.5. The number of hydrogen-bond acceptors (Lipinski definition) is 5. The van der Waals surface area contributed by atoms with Gasteiger partial charge in [-0.2, -0.15) is 5.10 Å². The summed E-state index contributed by atoms with van der Waals surface area (Å²) in [5.41, 5.74) is 4.64. The Morgan fingerprint density at radius 3 is 2.89 bits per heavy atom. The zero-order valence-electron chi connectivity index (χ0n) is 20.7. The van der Waals surface area contributed by atoms with Gasteiger partial charge < -0.3 is 10.1 Å². The fourth-order valence-electron chi connectivity index (χ4n) is 4.94. The number of piperidine rings is 1. The minimum absolute atomic E-state index is 0.0335. The predicted octanol–water partition coefficient (Wildman–Crippen LogP) is 4.86. The first-order chi connectivity index (χ1) is 17.4. The highest BCUT2D eigenvalue weighted by Crippen LogP contribution is 2.29. The predicted molar refractivity (Wildman–Crippen MR) is 137 cm³/mol. The Labute approximate surface area is 209 Å². The van der Waals surface area contributed by atoms with Crippen molar-refractivity contribution in [2.24, 2.45) is 0 Å². The molecule has 7 nitrogen and oxygen atoms in total. The van der Waals surface area contributed by atoms with Crippen LogP contribution in [0.5, 0.6) is 5.75 Å². The zero-order valence-corrected chi connectivity index (χ0v) is 20.7. The molecule has 1 amide bonds. The van der Waals surface area contributed by atoms with Crippen LogP contribution in [0.4, 0.5) is 4.39 Å². The lowest BCUT2D eigenvalue weighted by atomic mass is 9.97. The summed E-state index contributed by atoms with van der Waals surface area (Å²) in [5, 5.41) is 11.6. The van der Waals surface area contributed by atoms with Crippen LogP contribution >= 0.6 is 0 Å². The second kappa shape index (κ2) is 10.1. The lowest BCUT2D eigenvalue weighted by Gasteiger charge is -2.38. The van der Waals surface area contributed by atoms with Crippen LogP contribution in [-0.4, -0.2) is 51.7 Å². The Bertz CT molecular complexity index is 1400. The summed E-state index contributed by atoms with van der Waals surface area (Å²) in [7, 11) is 1.55. The summed E-state index contributed by atoms with van der Waals surface area (Å²) in [4.78, 5) is 19.7. The van der Waals surface area contributed by atoms with Crippen LogP contribution < -0.4 is 10.1 Å². The van der Waals surface area contributed by atoms with Crippen LogP contribution in [0.1, 0.15) is 41.4 Å². The second-order valence-electron chi connectivity index (χ2n) is 9.47. The van der Waals surface area contributed by atoms with Gasteiger partial charge >= 0.3 is 0 Å². The van der Waals surface area contributed by atoms with E-state index in [1.807, 2.05) is 37.3 Å². The van der Waals surface area contributed by atoms with E-state index in [1.165, 1.54) is 6.07 Å². The molecule has 2 aromatic carbocycles. The van der Waals surface area contributed by atoms with E-state index < -0.39 is 0 Å². The molecule has 0 spiro atoms. The van der Waals surface area contributed by atoms with Crippen LogP contribution in [0.15, 0.2) is 54.7 Å². The van der Waals surface area contributed by atoms with E-state index in [0.717, 1.165) is 40.7 Å². The number of fused-ring (bicyclic) bond motifs is 1. The number of aromatic nitrogens is 3. The van der Waals surface area contributed by atoms with Crippen molar-refractivity contribution in [2.45, 2.75) is 45.3 Å². The molecule has 1 fully saturated rings. The van der Waals surface area contributed by atoms with E-state index in [9.17, 15) is 9.18 Å². The van der Waals surface area contributed by atoms with Crippen LogP contribution in [0.3, 0.4) is 0 Å². The molecule has 2 unspecified atom stereocenters. The molecule has 1 saturated heterocycles. The number of pyridine rings is 1. The number of aryl methyl sites for hydroxylation is 1. The average Bonchev–Trinajstić information content (AvgIpc) is 3.30. The van der Waals surface area contributed by atoms with Crippen molar-refractivity contribution in [3.63, 3.8) is 0 Å². The molecule has 1 aliphatic heterocycles. The van der Waals surface area contributed by atoms with Gasteiger partial charge in [-0.15, -0.1) is 0 Å². The van der Waals surface area contributed by atoms with E-state index in [-0.39, 0.29) is 23.8 Å². The number of carbonyl (C=O) groups is 1. The Kier molecular flexibility index (Phi) is 6.69.